The second-order valence-electron chi connectivity index (χ2n) is 6.78. The Hall–Kier alpha value is -3.13. The Kier molecular flexibility index (Phi) is 3.71. The molecule has 0 unspecified atom stereocenters. The zero-order chi connectivity index (χ0) is 18.4. The SMILES string of the molecule is Nc1ncc(Cc2cc(Cl)cc3[nH]ncc23)c(Nc2cc(C3CC3)[nH]n2)n1. The van der Waals surface area contributed by atoms with Crippen molar-refractivity contribution >= 4 is 40.1 Å². The van der Waals surface area contributed by atoms with Gasteiger partial charge in [-0.3, -0.25) is 10.2 Å². The number of nitrogens with two attached hydrogens (primary N) is 1. The molecule has 27 heavy (non-hydrogen) atoms. The van der Waals surface area contributed by atoms with Gasteiger partial charge in [-0.05, 0) is 30.5 Å². The van der Waals surface area contributed by atoms with Crippen LogP contribution in [0.3, 0.4) is 0 Å². The molecule has 1 aromatic carbocycles. The van der Waals surface area contributed by atoms with Crippen molar-refractivity contribution in [3.05, 3.63) is 52.4 Å². The molecule has 0 bridgehead atoms. The zero-order valence-corrected chi connectivity index (χ0v) is 15.1. The molecule has 9 heteroatoms. The molecule has 136 valence electrons. The van der Waals surface area contributed by atoms with Gasteiger partial charge in [0, 0.05) is 46.3 Å². The van der Waals surface area contributed by atoms with E-state index in [0.717, 1.165) is 33.5 Å². The summed E-state index contributed by atoms with van der Waals surface area (Å²) in [4.78, 5) is 8.52. The van der Waals surface area contributed by atoms with Gasteiger partial charge in [-0.1, -0.05) is 11.6 Å². The Bertz CT molecular complexity index is 1130. The minimum Gasteiger partial charge on any atom is -0.368 e. The van der Waals surface area contributed by atoms with Crippen LogP contribution in [-0.4, -0.2) is 30.4 Å². The maximum atomic E-state index is 6.25. The fraction of sp³-hybridized carbons (Fsp3) is 0.222. The molecule has 1 aliphatic rings. The number of nitrogen functional groups attached to an aromatic ring is 1. The number of H-pyrrole nitrogens is 2. The van der Waals surface area contributed by atoms with Crippen molar-refractivity contribution in [3.63, 3.8) is 0 Å². The normalized spacial score (nSPS) is 14.0. The molecule has 8 nitrogen and oxygen atoms in total. The fourth-order valence-corrected chi connectivity index (χ4v) is 3.46. The smallest absolute Gasteiger partial charge is 0.221 e. The molecule has 0 amide bonds. The summed E-state index contributed by atoms with van der Waals surface area (Å²) in [5, 5.41) is 19.4. The first kappa shape index (κ1) is 16.1. The average Bonchev–Trinajstić information content (AvgIpc) is 3.19. The first-order valence-electron chi connectivity index (χ1n) is 8.71. The maximum absolute atomic E-state index is 6.25. The highest BCUT2D eigenvalue weighted by Crippen LogP contribution is 2.39. The van der Waals surface area contributed by atoms with Crippen molar-refractivity contribution in [2.24, 2.45) is 0 Å². The highest BCUT2D eigenvalue weighted by atomic mass is 35.5. The van der Waals surface area contributed by atoms with Crippen LogP contribution in [0.2, 0.25) is 5.02 Å². The van der Waals surface area contributed by atoms with E-state index in [1.54, 1.807) is 12.4 Å². The van der Waals surface area contributed by atoms with Gasteiger partial charge in [0.2, 0.25) is 5.95 Å². The van der Waals surface area contributed by atoms with E-state index in [1.807, 2.05) is 18.2 Å². The van der Waals surface area contributed by atoms with Gasteiger partial charge in [0.1, 0.15) is 5.82 Å². The van der Waals surface area contributed by atoms with Gasteiger partial charge in [-0.2, -0.15) is 15.2 Å². The van der Waals surface area contributed by atoms with E-state index in [4.69, 9.17) is 17.3 Å². The number of fused-ring (bicyclic) bond motifs is 1. The third-order valence-electron chi connectivity index (χ3n) is 4.73. The Morgan fingerprint density at radius 3 is 2.89 bits per heavy atom. The third kappa shape index (κ3) is 3.19. The van der Waals surface area contributed by atoms with Gasteiger partial charge >= 0.3 is 0 Å². The highest BCUT2D eigenvalue weighted by Gasteiger charge is 2.25. The van der Waals surface area contributed by atoms with E-state index >= 15 is 0 Å². The molecule has 0 saturated heterocycles. The zero-order valence-electron chi connectivity index (χ0n) is 14.3. The second-order valence-corrected chi connectivity index (χ2v) is 7.22. The summed E-state index contributed by atoms with van der Waals surface area (Å²) in [7, 11) is 0. The Labute approximate surface area is 159 Å². The van der Waals surface area contributed by atoms with Crippen LogP contribution in [0.25, 0.3) is 10.9 Å². The van der Waals surface area contributed by atoms with Gasteiger partial charge < -0.3 is 11.1 Å². The van der Waals surface area contributed by atoms with Crippen LogP contribution in [0.5, 0.6) is 0 Å². The van der Waals surface area contributed by atoms with Crippen LogP contribution in [0.15, 0.2) is 30.6 Å². The Morgan fingerprint density at radius 2 is 2.04 bits per heavy atom. The van der Waals surface area contributed by atoms with Gasteiger partial charge in [-0.15, -0.1) is 0 Å². The number of hydrogen-bond acceptors (Lipinski definition) is 6. The molecule has 0 radical (unpaired) electrons. The van der Waals surface area contributed by atoms with E-state index < -0.39 is 0 Å². The largest absolute Gasteiger partial charge is 0.368 e. The van der Waals surface area contributed by atoms with Crippen LogP contribution in [-0.2, 0) is 6.42 Å². The van der Waals surface area contributed by atoms with Crippen LogP contribution < -0.4 is 11.1 Å². The number of benzene rings is 1. The van der Waals surface area contributed by atoms with Gasteiger partial charge in [0.15, 0.2) is 5.82 Å². The van der Waals surface area contributed by atoms with E-state index in [-0.39, 0.29) is 5.95 Å². The minimum absolute atomic E-state index is 0.207. The summed E-state index contributed by atoms with van der Waals surface area (Å²) in [5.74, 6) is 2.16. The second kappa shape index (κ2) is 6.24. The number of nitrogens with one attached hydrogen (secondary N) is 3. The summed E-state index contributed by atoms with van der Waals surface area (Å²) in [5.41, 5.74) is 9.78. The van der Waals surface area contributed by atoms with Crippen LogP contribution in [0.4, 0.5) is 17.6 Å². The molecule has 5 N–H and O–H groups in total. The quantitative estimate of drug-likeness (QED) is 0.420. The number of hydrogen-bond donors (Lipinski definition) is 4. The summed E-state index contributed by atoms with van der Waals surface area (Å²) in [6.45, 7) is 0. The molecular formula is C18H17ClN8. The molecule has 1 aliphatic carbocycles. The van der Waals surface area contributed by atoms with E-state index in [1.165, 1.54) is 12.8 Å². The molecule has 3 heterocycles. The topological polar surface area (TPSA) is 121 Å². The van der Waals surface area contributed by atoms with Crippen molar-refractivity contribution in [1.29, 1.82) is 0 Å². The molecule has 0 aliphatic heterocycles. The molecule has 1 saturated carbocycles. The number of anilines is 3. The lowest BCUT2D eigenvalue weighted by atomic mass is 10.0. The van der Waals surface area contributed by atoms with Crippen molar-refractivity contribution < 1.29 is 0 Å². The van der Waals surface area contributed by atoms with Crippen molar-refractivity contribution in [3.8, 4) is 0 Å². The van der Waals surface area contributed by atoms with Gasteiger partial charge in [-0.25, -0.2) is 4.98 Å². The summed E-state index contributed by atoms with van der Waals surface area (Å²) in [6, 6.07) is 5.81. The number of halogens is 1. The number of rotatable bonds is 5. The lowest BCUT2D eigenvalue weighted by Crippen LogP contribution is -2.05. The molecule has 4 aromatic rings. The van der Waals surface area contributed by atoms with E-state index in [2.05, 4.69) is 35.7 Å². The fourth-order valence-electron chi connectivity index (χ4n) is 3.22. The maximum Gasteiger partial charge on any atom is 0.221 e. The van der Waals surface area contributed by atoms with E-state index in [0.29, 0.717) is 23.2 Å². The average molecular weight is 381 g/mol. The number of nitrogens with zero attached hydrogens (tertiary/aromatic N) is 4. The van der Waals surface area contributed by atoms with Crippen LogP contribution >= 0.6 is 11.6 Å². The van der Waals surface area contributed by atoms with E-state index in [9.17, 15) is 0 Å². The Balaban J connectivity index is 1.49. The molecule has 0 atom stereocenters. The number of aromatic nitrogens is 6. The lowest BCUT2D eigenvalue weighted by Gasteiger charge is -2.10. The molecular weight excluding hydrogens is 364 g/mol. The van der Waals surface area contributed by atoms with Crippen molar-refractivity contribution in [2.75, 3.05) is 11.1 Å². The highest BCUT2D eigenvalue weighted by molar-refractivity contribution is 6.31. The lowest BCUT2D eigenvalue weighted by molar-refractivity contribution is 0.965. The summed E-state index contributed by atoms with van der Waals surface area (Å²) < 4.78 is 0. The molecule has 0 spiro atoms. The molecule has 3 aromatic heterocycles. The van der Waals surface area contributed by atoms with Gasteiger partial charge in [0.05, 0.1) is 11.7 Å². The third-order valence-corrected chi connectivity index (χ3v) is 4.95. The predicted octanol–water partition coefficient (Wildman–Crippen LogP) is 3.52. The van der Waals surface area contributed by atoms with Crippen LogP contribution in [0.1, 0.15) is 35.6 Å². The van der Waals surface area contributed by atoms with Crippen molar-refractivity contribution in [1.82, 2.24) is 30.4 Å². The monoisotopic (exact) mass is 380 g/mol. The predicted molar refractivity (Wildman–Crippen MR) is 104 cm³/mol. The Morgan fingerprint density at radius 1 is 1.15 bits per heavy atom. The number of aromatic amines is 2. The summed E-state index contributed by atoms with van der Waals surface area (Å²) in [6.07, 6.45) is 6.53. The molecule has 1 fully saturated rings. The standard InChI is InChI=1S/C18H17ClN8/c19-12-4-10(13-8-22-25-15(13)5-12)3-11-7-21-18(20)24-17(11)23-16-6-14(26-27-16)9-1-2-9/h4-9H,1-3H2,(H,22,25)(H4,20,21,23,24,26,27). The minimum atomic E-state index is 0.207. The van der Waals surface area contributed by atoms with Crippen molar-refractivity contribution in [2.45, 2.75) is 25.2 Å². The molecule has 5 rings (SSSR count). The summed E-state index contributed by atoms with van der Waals surface area (Å²) >= 11 is 6.25. The first-order chi connectivity index (χ1) is 13.2. The van der Waals surface area contributed by atoms with Gasteiger partial charge in [0.25, 0.3) is 0 Å². The van der Waals surface area contributed by atoms with Crippen LogP contribution in [0, 0.1) is 0 Å². The first-order valence-corrected chi connectivity index (χ1v) is 9.09.